The Morgan fingerprint density at radius 1 is 0.818 bits per heavy atom. The third-order valence-electron chi connectivity index (χ3n) is 9.63. The lowest BCUT2D eigenvalue weighted by Crippen LogP contribution is -2.35. The number of aromatic nitrogens is 1. The highest BCUT2D eigenvalue weighted by atomic mass is 35.5. The molecule has 1 aromatic heterocycles. The molecular formula is C41H33Cl2N2O6S4+. The van der Waals surface area contributed by atoms with E-state index >= 15 is 0 Å². The monoisotopic (exact) mass is 847 g/mol. The fourth-order valence-electron chi connectivity index (χ4n) is 7.12. The number of hydrogen-bond donors (Lipinski definition) is 2. The number of nitrogens with zero attached hydrogens (tertiary/aromatic N) is 2. The summed E-state index contributed by atoms with van der Waals surface area (Å²) in [6.45, 7) is 1.47. The molecule has 7 aromatic rings. The number of fused-ring (bicyclic) bond motifs is 4. The van der Waals surface area contributed by atoms with Crippen LogP contribution in [0.4, 0.5) is 5.69 Å². The van der Waals surface area contributed by atoms with Gasteiger partial charge in [0.1, 0.15) is 4.70 Å². The molecule has 1 aliphatic rings. The van der Waals surface area contributed by atoms with Gasteiger partial charge in [-0.05, 0) is 107 Å². The normalized spacial score (nSPS) is 13.8. The predicted molar refractivity (Wildman–Crippen MR) is 225 cm³/mol. The standard InChI is InChI=1S/C41H32Cl2N2O6S4/c42-30-13-17-38-36(21-30)44(19-3-9-26-5-1-7-28-11-15-32(23-34(26)28)54-51-50-46)40(52-38)25-41-45(37-22-31(43)14-18-39(37)53-41)20-4-10-27-6-2-8-29-12-16-33(24-35(27)29)55(47,48)49/h1-2,5-8,11-18,21-25H,3-4,9-10,19-20H2,(H-,46,47,48,49)/p+1. The molecule has 0 aliphatic carbocycles. The highest BCUT2D eigenvalue weighted by molar-refractivity contribution is 8.04. The van der Waals surface area contributed by atoms with Gasteiger partial charge in [0.2, 0.25) is 5.52 Å². The van der Waals surface area contributed by atoms with Gasteiger partial charge in [-0.1, -0.05) is 99.9 Å². The van der Waals surface area contributed by atoms with Crippen LogP contribution in [-0.2, 0) is 38.9 Å². The molecular weight excluding hydrogens is 816 g/mol. The van der Waals surface area contributed by atoms with Crippen molar-refractivity contribution in [2.24, 2.45) is 0 Å². The molecule has 2 heterocycles. The number of rotatable bonds is 13. The van der Waals surface area contributed by atoms with Crippen molar-refractivity contribution >= 4 is 112 Å². The van der Waals surface area contributed by atoms with Crippen molar-refractivity contribution in [1.82, 2.24) is 0 Å². The number of aryl methyl sites for hydroxylation is 3. The van der Waals surface area contributed by atoms with Gasteiger partial charge in [0.05, 0.1) is 33.7 Å². The van der Waals surface area contributed by atoms with E-state index in [4.69, 9.17) is 28.5 Å². The van der Waals surface area contributed by atoms with Crippen LogP contribution in [0, 0.1) is 0 Å². The Morgan fingerprint density at radius 2 is 1.53 bits per heavy atom. The first kappa shape index (κ1) is 38.2. The Kier molecular flexibility index (Phi) is 11.4. The Balaban J connectivity index is 1.08. The topological polar surface area (TPSA) is 100 Å². The molecule has 8 nitrogen and oxygen atoms in total. The van der Waals surface area contributed by atoms with E-state index in [0.29, 0.717) is 23.0 Å². The Morgan fingerprint density at radius 3 is 2.29 bits per heavy atom. The van der Waals surface area contributed by atoms with Gasteiger partial charge >= 0.3 is 0 Å². The number of benzene rings is 6. The first-order chi connectivity index (χ1) is 26.6. The van der Waals surface area contributed by atoms with E-state index < -0.39 is 10.1 Å². The average Bonchev–Trinajstić information content (AvgIpc) is 3.69. The smallest absolute Gasteiger partial charge is 0.294 e. The zero-order valence-corrected chi connectivity index (χ0v) is 33.8. The number of thioether (sulfide) groups is 1. The maximum Gasteiger partial charge on any atom is 0.294 e. The zero-order chi connectivity index (χ0) is 38.1. The molecule has 0 atom stereocenters. The van der Waals surface area contributed by atoms with Gasteiger partial charge in [-0.2, -0.15) is 13.0 Å². The van der Waals surface area contributed by atoms with Crippen molar-refractivity contribution in [1.29, 1.82) is 0 Å². The lowest BCUT2D eigenvalue weighted by Gasteiger charge is -2.20. The molecule has 6 aromatic carbocycles. The summed E-state index contributed by atoms with van der Waals surface area (Å²) >= 11 is 17.5. The van der Waals surface area contributed by atoms with Gasteiger partial charge in [0.15, 0.2) is 6.54 Å². The van der Waals surface area contributed by atoms with Crippen LogP contribution in [-0.4, -0.2) is 24.8 Å². The molecule has 0 amide bonds. The van der Waals surface area contributed by atoms with Crippen LogP contribution in [0.5, 0.6) is 0 Å². The minimum Gasteiger partial charge on any atom is -0.335 e. The second-order valence-electron chi connectivity index (χ2n) is 13.1. The second-order valence-corrected chi connectivity index (χ2v) is 18.3. The van der Waals surface area contributed by atoms with E-state index in [1.165, 1.54) is 11.6 Å². The summed E-state index contributed by atoms with van der Waals surface area (Å²) in [7, 11) is -4.32. The van der Waals surface area contributed by atoms with Crippen LogP contribution in [0.15, 0.2) is 129 Å². The molecule has 55 heavy (non-hydrogen) atoms. The molecule has 2 N–H and O–H groups in total. The van der Waals surface area contributed by atoms with Crippen molar-refractivity contribution in [3.8, 4) is 0 Å². The van der Waals surface area contributed by atoms with Crippen molar-refractivity contribution in [2.45, 2.75) is 46.9 Å². The molecule has 1 aliphatic heterocycles. The first-order valence-electron chi connectivity index (χ1n) is 17.4. The number of hydrogen-bond acceptors (Lipinski definition) is 9. The van der Waals surface area contributed by atoms with Gasteiger partial charge in [0.25, 0.3) is 15.1 Å². The summed E-state index contributed by atoms with van der Waals surface area (Å²) in [6, 6.07) is 35.0. The molecule has 0 saturated carbocycles. The third-order valence-corrected chi connectivity index (χ3v) is 13.8. The predicted octanol–water partition coefficient (Wildman–Crippen LogP) is 11.7. The van der Waals surface area contributed by atoms with E-state index in [9.17, 15) is 13.0 Å². The summed E-state index contributed by atoms with van der Waals surface area (Å²) in [4.78, 5) is 4.15. The summed E-state index contributed by atoms with van der Waals surface area (Å²) in [5.41, 5.74) is 4.36. The molecule has 0 fully saturated rings. The number of thiazole rings is 1. The third kappa shape index (κ3) is 8.40. The van der Waals surface area contributed by atoms with E-state index in [-0.39, 0.29) is 4.90 Å². The highest BCUT2D eigenvalue weighted by Crippen LogP contribution is 2.48. The summed E-state index contributed by atoms with van der Waals surface area (Å²) in [5.74, 6) is 0. The Hall–Kier alpha value is -3.66. The average molecular weight is 849 g/mol. The molecule has 280 valence electrons. The Bertz CT molecular complexity index is 2720. The maximum absolute atomic E-state index is 11.9. The number of halogens is 2. The summed E-state index contributed by atoms with van der Waals surface area (Å²) in [6.07, 6.45) is 5.47. The quantitative estimate of drug-likeness (QED) is 0.0386. The minimum absolute atomic E-state index is 0.111. The number of anilines is 1. The van der Waals surface area contributed by atoms with Gasteiger partial charge in [0, 0.05) is 38.9 Å². The lowest BCUT2D eigenvalue weighted by atomic mass is 10.0. The molecule has 0 saturated heterocycles. The van der Waals surface area contributed by atoms with Gasteiger partial charge < -0.3 is 4.90 Å². The van der Waals surface area contributed by atoms with Crippen LogP contribution < -0.4 is 9.47 Å². The molecule has 0 unspecified atom stereocenters. The second kappa shape index (κ2) is 16.4. The molecule has 0 spiro atoms. The van der Waals surface area contributed by atoms with Crippen molar-refractivity contribution < 1.29 is 32.2 Å². The van der Waals surface area contributed by atoms with Crippen molar-refractivity contribution in [2.75, 3.05) is 11.4 Å². The van der Waals surface area contributed by atoms with E-state index in [1.54, 1.807) is 35.2 Å². The first-order valence-corrected chi connectivity index (χ1v) is 22.0. The van der Waals surface area contributed by atoms with Crippen LogP contribution in [0.1, 0.15) is 29.0 Å². The van der Waals surface area contributed by atoms with Crippen LogP contribution in [0.3, 0.4) is 0 Å². The van der Waals surface area contributed by atoms with Gasteiger partial charge in [-0.15, -0.1) is 4.33 Å². The SMILES string of the molecule is O=S(=O)(O)c1ccc2cccc(CCCN3C(=Cc4sc5ccc(Cl)cc5[n+]4CCCc4cccc5ccc(SOOO)cc45)Sc4ccc(Cl)cc43)c2c1. The molecule has 14 heteroatoms. The lowest BCUT2D eigenvalue weighted by molar-refractivity contribution is -0.669. The highest BCUT2D eigenvalue weighted by Gasteiger charge is 2.28. The van der Waals surface area contributed by atoms with E-state index in [2.05, 4.69) is 55.2 Å². The molecule has 8 rings (SSSR count). The minimum atomic E-state index is -4.32. The molecule has 0 bridgehead atoms. The largest absolute Gasteiger partial charge is 0.335 e. The van der Waals surface area contributed by atoms with Crippen LogP contribution in [0.25, 0.3) is 37.8 Å². The Labute approximate surface area is 340 Å². The summed E-state index contributed by atoms with van der Waals surface area (Å²) < 4.78 is 41.7. The van der Waals surface area contributed by atoms with Crippen molar-refractivity contribution in [3.63, 3.8) is 0 Å². The molecule has 0 radical (unpaired) electrons. The van der Waals surface area contributed by atoms with Gasteiger partial charge in [-0.25, -0.2) is 5.26 Å². The van der Waals surface area contributed by atoms with E-state index in [1.807, 2.05) is 60.7 Å². The van der Waals surface area contributed by atoms with Gasteiger partial charge in [-0.3, -0.25) is 4.55 Å². The van der Waals surface area contributed by atoms with Crippen LogP contribution in [0.2, 0.25) is 10.0 Å². The van der Waals surface area contributed by atoms with E-state index in [0.717, 1.165) is 101 Å². The van der Waals surface area contributed by atoms with Crippen molar-refractivity contribution in [3.05, 3.63) is 140 Å². The fraction of sp³-hybridized carbons (Fsp3) is 0.146. The fourth-order valence-corrected chi connectivity index (χ4v) is 10.6. The maximum atomic E-state index is 11.9. The van der Waals surface area contributed by atoms with Crippen LogP contribution >= 0.6 is 58.3 Å². The summed E-state index contributed by atoms with van der Waals surface area (Å²) in [5, 5.41) is 19.9. The zero-order valence-electron chi connectivity index (χ0n) is 29.0.